The first-order chi connectivity index (χ1) is 18.8. The number of hydrogen-bond acceptors (Lipinski definition) is 6. The van der Waals surface area contributed by atoms with Crippen LogP contribution >= 0.6 is 0 Å². The first-order valence-corrected chi connectivity index (χ1v) is 13.2. The van der Waals surface area contributed by atoms with E-state index in [0.717, 1.165) is 40.4 Å². The van der Waals surface area contributed by atoms with Gasteiger partial charge in [0.15, 0.2) is 5.78 Å². The van der Waals surface area contributed by atoms with Gasteiger partial charge in [-0.3, -0.25) is 9.59 Å². The third-order valence-electron chi connectivity index (χ3n) is 7.40. The van der Waals surface area contributed by atoms with Crippen molar-refractivity contribution in [3.63, 3.8) is 0 Å². The highest BCUT2D eigenvalue weighted by Crippen LogP contribution is 2.49. The number of methoxy groups -OCH3 is 2. The molecule has 2 N–H and O–H groups in total. The van der Waals surface area contributed by atoms with Crippen molar-refractivity contribution >= 4 is 23.1 Å². The van der Waals surface area contributed by atoms with Crippen LogP contribution in [0.1, 0.15) is 43.9 Å². The zero-order valence-corrected chi connectivity index (χ0v) is 22.9. The van der Waals surface area contributed by atoms with E-state index in [1.54, 1.807) is 14.2 Å². The van der Waals surface area contributed by atoms with Crippen molar-refractivity contribution in [1.29, 1.82) is 0 Å². The van der Waals surface area contributed by atoms with E-state index in [-0.39, 0.29) is 23.7 Å². The summed E-state index contributed by atoms with van der Waals surface area (Å²) in [4.78, 5) is 29.4. The summed E-state index contributed by atoms with van der Waals surface area (Å²) in [6, 6.07) is 22.8. The molecule has 0 saturated heterocycles. The maximum Gasteiger partial charge on any atom is 0.239 e. The number of benzene rings is 3. The van der Waals surface area contributed by atoms with Crippen LogP contribution in [0.25, 0.3) is 0 Å². The van der Waals surface area contributed by atoms with Gasteiger partial charge in [-0.15, -0.1) is 0 Å². The van der Waals surface area contributed by atoms with Gasteiger partial charge in [0.1, 0.15) is 11.5 Å². The summed E-state index contributed by atoms with van der Waals surface area (Å²) in [5.74, 6) is 1.38. The molecule has 3 aromatic carbocycles. The number of para-hydroxylation sites is 3. The molecule has 0 radical (unpaired) electrons. The number of allylic oxidation sites excluding steroid dienone is 1. The average molecular weight is 526 g/mol. The lowest BCUT2D eigenvalue weighted by Gasteiger charge is -2.38. The highest BCUT2D eigenvalue weighted by Gasteiger charge is 2.42. The second-order valence-electron chi connectivity index (χ2n) is 10.9. The zero-order valence-electron chi connectivity index (χ0n) is 22.9. The molecule has 5 rings (SSSR count). The third kappa shape index (κ3) is 5.48. The van der Waals surface area contributed by atoms with E-state index in [1.807, 2.05) is 77.7 Å². The van der Waals surface area contributed by atoms with Crippen molar-refractivity contribution < 1.29 is 19.1 Å². The summed E-state index contributed by atoms with van der Waals surface area (Å²) >= 11 is 0. The molecule has 0 spiro atoms. The normalized spacial score (nSPS) is 17.9. The summed E-state index contributed by atoms with van der Waals surface area (Å²) in [7, 11) is 3.26. The van der Waals surface area contributed by atoms with Crippen molar-refractivity contribution in [2.24, 2.45) is 5.41 Å². The minimum Gasteiger partial charge on any atom is -0.497 e. The Hall–Kier alpha value is -4.26. The summed E-state index contributed by atoms with van der Waals surface area (Å²) < 4.78 is 11.0. The first-order valence-electron chi connectivity index (χ1n) is 13.2. The molecular weight excluding hydrogens is 490 g/mol. The molecule has 1 amide bonds. The SMILES string of the molecule is COc1ccc(CNC(=O)CN2c3ccccc3NC3=C(C(=O)CC(C)(C)C3)C2c2ccccc2OC)cc1. The largest absolute Gasteiger partial charge is 0.497 e. The quantitative estimate of drug-likeness (QED) is 0.416. The van der Waals surface area contributed by atoms with Crippen LogP contribution in [0.15, 0.2) is 84.1 Å². The predicted octanol–water partition coefficient (Wildman–Crippen LogP) is 5.64. The van der Waals surface area contributed by atoms with Crippen LogP contribution in [0.5, 0.6) is 11.5 Å². The van der Waals surface area contributed by atoms with Crippen LogP contribution in [0.3, 0.4) is 0 Å². The number of ether oxygens (including phenoxy) is 2. The molecule has 0 aromatic heterocycles. The Balaban J connectivity index is 1.56. The Morgan fingerprint density at radius 1 is 0.974 bits per heavy atom. The molecular formula is C32H35N3O4. The van der Waals surface area contributed by atoms with E-state index in [1.165, 1.54) is 0 Å². The first kappa shape index (κ1) is 26.4. The molecule has 0 fully saturated rings. The molecule has 39 heavy (non-hydrogen) atoms. The van der Waals surface area contributed by atoms with Gasteiger partial charge in [-0.25, -0.2) is 0 Å². The van der Waals surface area contributed by atoms with Crippen LogP contribution in [-0.2, 0) is 16.1 Å². The van der Waals surface area contributed by atoms with Crippen LogP contribution in [0.2, 0.25) is 0 Å². The van der Waals surface area contributed by atoms with Crippen LogP contribution in [0.4, 0.5) is 11.4 Å². The lowest BCUT2D eigenvalue weighted by Crippen LogP contribution is -2.42. The van der Waals surface area contributed by atoms with Crippen LogP contribution in [0, 0.1) is 5.41 Å². The summed E-state index contributed by atoms with van der Waals surface area (Å²) in [6.45, 7) is 4.69. The number of amides is 1. The number of fused-ring (bicyclic) bond motifs is 1. The monoisotopic (exact) mass is 525 g/mol. The lowest BCUT2D eigenvalue weighted by molar-refractivity contribution is -0.121. The molecule has 7 heteroatoms. The van der Waals surface area contributed by atoms with Crippen molar-refractivity contribution in [3.8, 4) is 11.5 Å². The summed E-state index contributed by atoms with van der Waals surface area (Å²) in [5.41, 5.74) is 4.97. The maximum atomic E-state index is 13.8. The molecule has 3 aromatic rings. The molecule has 202 valence electrons. The number of nitrogens with one attached hydrogen (secondary N) is 2. The van der Waals surface area contributed by atoms with Gasteiger partial charge in [0.25, 0.3) is 0 Å². The van der Waals surface area contributed by atoms with Gasteiger partial charge in [-0.2, -0.15) is 0 Å². The molecule has 1 heterocycles. The standard InChI is InChI=1S/C32H35N3O4/c1-32(2)17-25-30(27(36)18-32)31(23-9-5-8-12-28(23)39-4)35(26-11-7-6-10-24(26)34-25)20-29(37)33-19-21-13-15-22(38-3)16-14-21/h5-16,31,34H,17-20H2,1-4H3,(H,33,37). The Labute approximate surface area is 229 Å². The Kier molecular flexibility index (Phi) is 7.33. The summed E-state index contributed by atoms with van der Waals surface area (Å²) in [5, 5.41) is 6.65. The minimum atomic E-state index is -0.498. The van der Waals surface area contributed by atoms with Crippen LogP contribution < -0.4 is 25.0 Å². The van der Waals surface area contributed by atoms with Gasteiger partial charge in [0.2, 0.25) is 5.91 Å². The van der Waals surface area contributed by atoms with Crippen molar-refractivity contribution in [3.05, 3.63) is 95.2 Å². The number of rotatable bonds is 7. The van der Waals surface area contributed by atoms with Crippen molar-refractivity contribution in [2.75, 3.05) is 31.0 Å². The number of ketones is 1. The third-order valence-corrected chi connectivity index (χ3v) is 7.40. The molecule has 1 unspecified atom stereocenters. The number of carbonyl (C=O) groups is 2. The smallest absolute Gasteiger partial charge is 0.239 e. The predicted molar refractivity (Wildman–Crippen MR) is 153 cm³/mol. The van der Waals surface area contributed by atoms with E-state index in [0.29, 0.717) is 24.3 Å². The lowest BCUT2D eigenvalue weighted by atomic mass is 9.73. The molecule has 1 atom stereocenters. The fourth-order valence-electron chi connectivity index (χ4n) is 5.60. The highest BCUT2D eigenvalue weighted by molar-refractivity contribution is 6.02. The molecule has 2 aliphatic rings. The number of anilines is 2. The second kappa shape index (κ2) is 10.8. The highest BCUT2D eigenvalue weighted by atomic mass is 16.5. The van der Waals surface area contributed by atoms with E-state index < -0.39 is 6.04 Å². The minimum absolute atomic E-state index is 0.0605. The van der Waals surface area contributed by atoms with Gasteiger partial charge < -0.3 is 25.0 Å². The molecule has 7 nitrogen and oxygen atoms in total. The Morgan fingerprint density at radius 3 is 2.44 bits per heavy atom. The van der Waals surface area contributed by atoms with Gasteiger partial charge in [0.05, 0.1) is 38.2 Å². The van der Waals surface area contributed by atoms with E-state index in [9.17, 15) is 9.59 Å². The van der Waals surface area contributed by atoms with E-state index in [4.69, 9.17) is 9.47 Å². The topological polar surface area (TPSA) is 79.9 Å². The summed E-state index contributed by atoms with van der Waals surface area (Å²) in [6.07, 6.45) is 1.17. The number of Topliss-reactive ketones (excluding diaryl/α,β-unsaturated/α-hetero) is 1. The Bertz CT molecular complexity index is 1410. The van der Waals surface area contributed by atoms with E-state index in [2.05, 4.69) is 24.5 Å². The molecule has 0 bridgehead atoms. The van der Waals surface area contributed by atoms with Crippen molar-refractivity contribution in [1.82, 2.24) is 5.32 Å². The fraction of sp³-hybridized carbons (Fsp3) is 0.312. The fourth-order valence-corrected chi connectivity index (χ4v) is 5.60. The molecule has 1 aliphatic heterocycles. The van der Waals surface area contributed by atoms with Gasteiger partial charge in [-0.1, -0.05) is 56.3 Å². The van der Waals surface area contributed by atoms with Crippen LogP contribution in [-0.4, -0.2) is 32.5 Å². The Morgan fingerprint density at radius 2 is 1.69 bits per heavy atom. The average Bonchev–Trinajstić information content (AvgIpc) is 3.05. The maximum absolute atomic E-state index is 13.8. The number of hydrogen-bond donors (Lipinski definition) is 2. The molecule has 0 saturated carbocycles. The van der Waals surface area contributed by atoms with Gasteiger partial charge in [-0.05, 0) is 47.7 Å². The second-order valence-corrected chi connectivity index (χ2v) is 10.9. The number of nitrogens with zero attached hydrogens (tertiary/aromatic N) is 1. The zero-order chi connectivity index (χ0) is 27.6. The van der Waals surface area contributed by atoms with Gasteiger partial charge in [0, 0.05) is 29.8 Å². The van der Waals surface area contributed by atoms with Crippen molar-refractivity contribution in [2.45, 2.75) is 39.3 Å². The van der Waals surface area contributed by atoms with Gasteiger partial charge >= 0.3 is 0 Å². The van der Waals surface area contributed by atoms with E-state index >= 15 is 0 Å². The number of carbonyl (C=O) groups excluding carboxylic acids is 2. The molecule has 1 aliphatic carbocycles.